The first kappa shape index (κ1) is 19.1. The molecule has 1 fully saturated rings. The number of carbonyl (C=O) groups is 1. The average Bonchev–Trinajstić information content (AvgIpc) is 2.62. The molecule has 1 unspecified atom stereocenters. The van der Waals surface area contributed by atoms with Crippen molar-refractivity contribution in [3.63, 3.8) is 0 Å². The Hall–Kier alpha value is -2.18. The number of esters is 1. The number of halogens is 2. The zero-order chi connectivity index (χ0) is 18.2. The van der Waals surface area contributed by atoms with E-state index >= 15 is 0 Å². The summed E-state index contributed by atoms with van der Waals surface area (Å²) in [7, 11) is 1.67. The van der Waals surface area contributed by atoms with Crippen LogP contribution >= 0.6 is 0 Å². The number of likely N-dealkylation sites (tertiary alicyclic amines) is 1. The number of nitrogens with zero attached hydrogens (tertiary/aromatic N) is 2. The number of hydrogen-bond acceptors (Lipinski definition) is 3. The third-order valence-corrected chi connectivity index (χ3v) is 4.26. The van der Waals surface area contributed by atoms with Crippen LogP contribution in [0.25, 0.3) is 0 Å². The van der Waals surface area contributed by atoms with Gasteiger partial charge in [0.2, 0.25) is 0 Å². The van der Waals surface area contributed by atoms with Gasteiger partial charge in [0.1, 0.15) is 0 Å². The van der Waals surface area contributed by atoms with Gasteiger partial charge in [-0.15, -0.1) is 0 Å². The lowest BCUT2D eigenvalue weighted by Crippen LogP contribution is -2.48. The van der Waals surface area contributed by atoms with Gasteiger partial charge in [-0.05, 0) is 37.8 Å². The van der Waals surface area contributed by atoms with Crippen molar-refractivity contribution < 1.29 is 18.3 Å². The van der Waals surface area contributed by atoms with E-state index in [1.807, 2.05) is 4.90 Å². The summed E-state index contributed by atoms with van der Waals surface area (Å²) >= 11 is 0. The van der Waals surface area contributed by atoms with Crippen molar-refractivity contribution in [3.8, 4) is 0 Å². The predicted octanol–water partition coefficient (Wildman–Crippen LogP) is 2.36. The number of piperidine rings is 1. The van der Waals surface area contributed by atoms with Gasteiger partial charge in [-0.3, -0.25) is 9.79 Å². The summed E-state index contributed by atoms with van der Waals surface area (Å²) in [6, 6.07) is 4.17. The third kappa shape index (κ3) is 5.14. The van der Waals surface area contributed by atoms with Crippen molar-refractivity contribution in [3.05, 3.63) is 35.4 Å². The second kappa shape index (κ2) is 9.34. The highest BCUT2D eigenvalue weighted by molar-refractivity contribution is 5.81. The quantitative estimate of drug-likeness (QED) is 0.502. The molecule has 1 atom stereocenters. The number of guanidine groups is 1. The van der Waals surface area contributed by atoms with E-state index in [9.17, 15) is 13.6 Å². The molecule has 0 bridgehead atoms. The Morgan fingerprint density at radius 1 is 1.44 bits per heavy atom. The Morgan fingerprint density at radius 2 is 2.24 bits per heavy atom. The van der Waals surface area contributed by atoms with E-state index in [4.69, 9.17) is 4.74 Å². The van der Waals surface area contributed by atoms with E-state index in [1.165, 1.54) is 6.07 Å². The van der Waals surface area contributed by atoms with E-state index in [0.717, 1.165) is 25.5 Å². The predicted molar refractivity (Wildman–Crippen MR) is 92.4 cm³/mol. The molecule has 1 heterocycles. The molecule has 2 rings (SSSR count). The summed E-state index contributed by atoms with van der Waals surface area (Å²) in [6.07, 6.45) is 2.03. The molecule has 1 aliphatic heterocycles. The van der Waals surface area contributed by atoms with Gasteiger partial charge >= 0.3 is 5.97 Å². The Morgan fingerprint density at radius 3 is 2.96 bits per heavy atom. The fraction of sp³-hybridized carbons (Fsp3) is 0.556. The molecular formula is C18H25F2N3O2. The molecule has 0 amide bonds. The van der Waals surface area contributed by atoms with Gasteiger partial charge in [-0.25, -0.2) is 8.78 Å². The second-order valence-corrected chi connectivity index (χ2v) is 5.97. The Kier molecular flexibility index (Phi) is 7.16. The maximum Gasteiger partial charge on any atom is 0.310 e. The van der Waals surface area contributed by atoms with Gasteiger partial charge in [-0.1, -0.05) is 12.1 Å². The molecule has 1 aliphatic rings. The topological polar surface area (TPSA) is 53.9 Å². The van der Waals surface area contributed by atoms with Gasteiger partial charge in [0.05, 0.1) is 12.5 Å². The molecule has 5 nitrogen and oxygen atoms in total. The van der Waals surface area contributed by atoms with Crippen molar-refractivity contribution >= 4 is 11.9 Å². The summed E-state index contributed by atoms with van der Waals surface area (Å²) in [6.45, 7) is 3.94. The first-order valence-electron chi connectivity index (χ1n) is 8.62. The van der Waals surface area contributed by atoms with Gasteiger partial charge in [-0.2, -0.15) is 0 Å². The van der Waals surface area contributed by atoms with Gasteiger partial charge < -0.3 is 15.0 Å². The molecule has 138 valence electrons. The Balaban J connectivity index is 1.89. The molecule has 1 saturated heterocycles. The van der Waals surface area contributed by atoms with E-state index in [-0.39, 0.29) is 11.9 Å². The van der Waals surface area contributed by atoms with Crippen LogP contribution in [-0.4, -0.2) is 50.1 Å². The number of carbonyl (C=O) groups excluding carboxylic acids is 1. The van der Waals surface area contributed by atoms with Gasteiger partial charge in [0.25, 0.3) is 0 Å². The lowest BCUT2D eigenvalue weighted by Gasteiger charge is -2.34. The highest BCUT2D eigenvalue weighted by Gasteiger charge is 2.28. The largest absolute Gasteiger partial charge is 0.466 e. The minimum absolute atomic E-state index is 0.159. The summed E-state index contributed by atoms with van der Waals surface area (Å²) in [5, 5.41) is 3.16. The van der Waals surface area contributed by atoms with Crippen molar-refractivity contribution in [1.82, 2.24) is 10.2 Å². The maximum absolute atomic E-state index is 13.7. The van der Waals surface area contributed by atoms with Crippen LogP contribution in [0, 0.1) is 17.6 Å². The molecule has 7 heteroatoms. The number of nitrogens with one attached hydrogen (secondary N) is 1. The van der Waals surface area contributed by atoms with Crippen molar-refractivity contribution in [2.24, 2.45) is 10.9 Å². The minimum atomic E-state index is -0.838. The van der Waals surface area contributed by atoms with Crippen LogP contribution in [0.5, 0.6) is 0 Å². The fourth-order valence-electron chi connectivity index (χ4n) is 3.00. The number of hydrogen-bond donors (Lipinski definition) is 1. The zero-order valence-corrected chi connectivity index (χ0v) is 14.7. The van der Waals surface area contributed by atoms with E-state index < -0.39 is 11.6 Å². The first-order chi connectivity index (χ1) is 12.1. The molecule has 1 N–H and O–H groups in total. The second-order valence-electron chi connectivity index (χ2n) is 5.97. The lowest BCUT2D eigenvalue weighted by atomic mass is 9.98. The average molecular weight is 353 g/mol. The molecule has 0 saturated carbocycles. The summed E-state index contributed by atoms with van der Waals surface area (Å²) in [5.41, 5.74) is 0.325. The number of benzene rings is 1. The standard InChI is InChI=1S/C18H25F2N3O2/c1-3-25-17(24)14-7-5-11-23(12-14)18(21-2)22-10-9-13-6-4-8-15(19)16(13)20/h4,6,8,14H,3,5,7,9-12H2,1-2H3,(H,21,22). The van der Waals surface area contributed by atoms with Crippen LogP contribution in [0.2, 0.25) is 0 Å². The SMILES string of the molecule is CCOC(=O)C1CCCN(C(=NC)NCCc2cccc(F)c2F)C1. The molecule has 0 radical (unpaired) electrons. The fourth-order valence-corrected chi connectivity index (χ4v) is 3.00. The molecular weight excluding hydrogens is 328 g/mol. The monoisotopic (exact) mass is 353 g/mol. The molecule has 25 heavy (non-hydrogen) atoms. The zero-order valence-electron chi connectivity index (χ0n) is 14.7. The normalized spacial score (nSPS) is 18.2. The maximum atomic E-state index is 13.7. The molecule has 0 aromatic heterocycles. The summed E-state index contributed by atoms with van der Waals surface area (Å²) in [4.78, 5) is 18.2. The van der Waals surface area contributed by atoms with Crippen LogP contribution in [0.3, 0.4) is 0 Å². The van der Waals surface area contributed by atoms with E-state index in [2.05, 4.69) is 10.3 Å². The van der Waals surface area contributed by atoms with Crippen molar-refractivity contribution in [2.45, 2.75) is 26.2 Å². The first-order valence-corrected chi connectivity index (χ1v) is 8.62. The Labute approximate surface area is 147 Å². The Bertz CT molecular complexity index is 622. The van der Waals surface area contributed by atoms with E-state index in [0.29, 0.717) is 37.6 Å². The van der Waals surface area contributed by atoms with Gasteiger partial charge in [0, 0.05) is 26.7 Å². The highest BCUT2D eigenvalue weighted by Crippen LogP contribution is 2.18. The molecule has 0 spiro atoms. The van der Waals surface area contributed by atoms with Crippen LogP contribution in [0.1, 0.15) is 25.3 Å². The van der Waals surface area contributed by atoms with Crippen molar-refractivity contribution in [2.75, 3.05) is 33.3 Å². The molecule has 0 aliphatic carbocycles. The lowest BCUT2D eigenvalue weighted by molar-refractivity contribution is -0.149. The molecule has 1 aromatic rings. The van der Waals surface area contributed by atoms with Crippen LogP contribution in [0.15, 0.2) is 23.2 Å². The van der Waals surface area contributed by atoms with E-state index in [1.54, 1.807) is 20.0 Å². The highest BCUT2D eigenvalue weighted by atomic mass is 19.2. The summed E-state index contributed by atoms with van der Waals surface area (Å²) < 4.78 is 32.0. The van der Waals surface area contributed by atoms with Crippen LogP contribution in [-0.2, 0) is 16.0 Å². The smallest absolute Gasteiger partial charge is 0.310 e. The van der Waals surface area contributed by atoms with Crippen LogP contribution < -0.4 is 5.32 Å². The number of ether oxygens (including phenoxy) is 1. The number of rotatable bonds is 5. The number of aliphatic imine (C=N–C) groups is 1. The summed E-state index contributed by atoms with van der Waals surface area (Å²) in [5.74, 6) is -1.32. The van der Waals surface area contributed by atoms with Crippen molar-refractivity contribution in [1.29, 1.82) is 0 Å². The van der Waals surface area contributed by atoms with Gasteiger partial charge in [0.15, 0.2) is 17.6 Å². The minimum Gasteiger partial charge on any atom is -0.466 e. The van der Waals surface area contributed by atoms with Crippen LogP contribution in [0.4, 0.5) is 8.78 Å². The third-order valence-electron chi connectivity index (χ3n) is 4.26. The molecule has 1 aromatic carbocycles.